The lowest BCUT2D eigenvalue weighted by Gasteiger charge is -2.18. The van der Waals surface area contributed by atoms with E-state index in [4.69, 9.17) is 79.7 Å². The van der Waals surface area contributed by atoms with Gasteiger partial charge in [0.1, 0.15) is 38.0 Å². The van der Waals surface area contributed by atoms with E-state index in [1.54, 1.807) is 0 Å². The summed E-state index contributed by atoms with van der Waals surface area (Å²) in [4.78, 5) is 47.2. The predicted molar refractivity (Wildman–Crippen MR) is 142 cm³/mol. The average Bonchev–Trinajstić information content (AvgIpc) is 2.98. The van der Waals surface area contributed by atoms with Gasteiger partial charge in [0.05, 0.1) is 26.4 Å². The first-order valence-electron chi connectivity index (χ1n) is 11.2. The molecule has 0 aromatic heterocycles. The quantitative estimate of drug-likeness (QED) is 0.0747. The topological polar surface area (TPSA) is 190 Å². The highest BCUT2D eigenvalue weighted by molar-refractivity contribution is 7.48. The fourth-order valence-electron chi connectivity index (χ4n) is 2.17. The van der Waals surface area contributed by atoms with Crippen molar-refractivity contribution in [1.82, 2.24) is 0 Å². The van der Waals surface area contributed by atoms with Gasteiger partial charge >= 0.3 is 31.7 Å². The summed E-state index contributed by atoms with van der Waals surface area (Å²) in [5, 5.41) is 13.9. The van der Waals surface area contributed by atoms with Crippen LogP contribution in [0, 0.1) is 5.82 Å². The highest BCUT2D eigenvalue weighted by Crippen LogP contribution is 2.49. The standard InChI is InChI=1S/C22H22Cl4FO14P/c23-15(19(30)35-7-5-28)17(25)21(32)37-9-11-39-42(34,41-14-3-1-13(27)2-4-14)40-12-10-38-22(33)18(26)16(24)20(31)36-8-6-29/h1-4,28-29H,5-12H2/b17-15-,18-16+. The summed E-state index contributed by atoms with van der Waals surface area (Å²) in [5.41, 5.74) is 0. The van der Waals surface area contributed by atoms with Crippen LogP contribution in [0.25, 0.3) is 0 Å². The molecule has 20 heteroatoms. The number of aliphatic hydroxyl groups excluding tert-OH is 2. The normalized spacial score (nSPS) is 13.6. The third kappa shape index (κ3) is 13.7. The second-order valence-electron chi connectivity index (χ2n) is 6.91. The largest absolute Gasteiger partial charge is 0.530 e. The van der Waals surface area contributed by atoms with Crippen LogP contribution in [0.2, 0.25) is 0 Å². The van der Waals surface area contributed by atoms with Gasteiger partial charge < -0.3 is 33.7 Å². The number of carbonyl (C=O) groups excluding carboxylic acids is 4. The Labute approximate surface area is 257 Å². The molecule has 0 spiro atoms. The number of hydrogen-bond acceptors (Lipinski definition) is 14. The first-order valence-corrected chi connectivity index (χ1v) is 14.2. The fourth-order valence-corrected chi connectivity index (χ4v) is 3.85. The number of phosphoric acid groups is 1. The molecule has 0 saturated carbocycles. The van der Waals surface area contributed by atoms with E-state index in [1.165, 1.54) is 0 Å². The summed E-state index contributed by atoms with van der Waals surface area (Å²) in [6, 6.07) is 4.16. The van der Waals surface area contributed by atoms with E-state index in [-0.39, 0.29) is 5.75 Å². The van der Waals surface area contributed by atoms with Crippen molar-refractivity contribution in [3.8, 4) is 5.75 Å². The monoisotopic (exact) mass is 700 g/mol. The molecule has 42 heavy (non-hydrogen) atoms. The maximum absolute atomic E-state index is 13.2. The molecule has 1 aromatic carbocycles. The third-order valence-electron chi connectivity index (χ3n) is 3.91. The van der Waals surface area contributed by atoms with Crippen LogP contribution < -0.4 is 4.52 Å². The predicted octanol–water partition coefficient (Wildman–Crippen LogP) is 2.88. The van der Waals surface area contributed by atoms with Gasteiger partial charge in [-0.15, -0.1) is 0 Å². The number of carbonyl (C=O) groups is 4. The molecule has 0 bridgehead atoms. The van der Waals surface area contributed by atoms with Crippen LogP contribution in [0.3, 0.4) is 0 Å². The van der Waals surface area contributed by atoms with Gasteiger partial charge in [0.2, 0.25) is 0 Å². The van der Waals surface area contributed by atoms with Crippen molar-refractivity contribution in [3.05, 3.63) is 50.2 Å². The van der Waals surface area contributed by atoms with Crippen LogP contribution in [-0.4, -0.2) is 86.9 Å². The van der Waals surface area contributed by atoms with E-state index >= 15 is 0 Å². The molecule has 2 N–H and O–H groups in total. The zero-order chi connectivity index (χ0) is 31.7. The molecule has 234 valence electrons. The molecule has 0 aliphatic carbocycles. The van der Waals surface area contributed by atoms with Crippen LogP contribution in [0.1, 0.15) is 0 Å². The Morgan fingerprint density at radius 1 is 0.619 bits per heavy atom. The van der Waals surface area contributed by atoms with E-state index in [9.17, 15) is 28.1 Å². The Balaban J connectivity index is 2.77. The summed E-state index contributed by atoms with van der Waals surface area (Å²) in [7, 11) is -4.56. The first kappa shape index (κ1) is 37.6. The number of ether oxygens (including phenoxy) is 4. The van der Waals surface area contributed by atoms with Crippen molar-refractivity contribution in [2.45, 2.75) is 0 Å². The lowest BCUT2D eigenvalue weighted by atomic mass is 10.3. The first-order chi connectivity index (χ1) is 19.8. The Kier molecular flexibility index (Phi) is 17.6. The Morgan fingerprint density at radius 2 is 0.952 bits per heavy atom. The zero-order valence-electron chi connectivity index (χ0n) is 21.1. The number of aliphatic hydroxyl groups is 2. The van der Waals surface area contributed by atoms with E-state index < -0.39 is 111 Å². The second-order valence-corrected chi connectivity index (χ2v) is 10.0. The maximum atomic E-state index is 13.2. The van der Waals surface area contributed by atoms with E-state index in [1.807, 2.05) is 0 Å². The van der Waals surface area contributed by atoms with Crippen molar-refractivity contribution < 1.29 is 70.9 Å². The molecule has 1 unspecified atom stereocenters. The number of hydrogen-bond donors (Lipinski definition) is 2. The highest BCUT2D eigenvalue weighted by Gasteiger charge is 2.30. The van der Waals surface area contributed by atoms with Gasteiger partial charge in [-0.3, -0.25) is 9.05 Å². The Bertz CT molecular complexity index is 1140. The lowest BCUT2D eigenvalue weighted by Crippen LogP contribution is -2.16. The molecule has 1 aromatic rings. The Hall–Kier alpha value is -2.46. The molecule has 0 saturated heterocycles. The SMILES string of the molecule is O=C(OCCO)/C(Cl)=C(/Cl)C(=O)OCCOP(=O)(OCCOC(=O)/C(Cl)=C(\Cl)C(=O)OCCO)Oc1ccc(F)cc1. The number of rotatable bonds is 18. The molecule has 0 aliphatic heterocycles. The highest BCUT2D eigenvalue weighted by atomic mass is 35.5. The molecule has 1 atom stereocenters. The van der Waals surface area contributed by atoms with E-state index in [0.717, 1.165) is 24.3 Å². The van der Waals surface area contributed by atoms with Crippen LogP contribution >= 0.6 is 54.2 Å². The molecule has 0 radical (unpaired) electrons. The van der Waals surface area contributed by atoms with Gasteiger partial charge in [0, 0.05) is 0 Å². The van der Waals surface area contributed by atoms with Crippen LogP contribution in [0.5, 0.6) is 5.75 Å². The Morgan fingerprint density at radius 3 is 1.29 bits per heavy atom. The summed E-state index contributed by atoms with van der Waals surface area (Å²) in [6.07, 6.45) is 0. The van der Waals surface area contributed by atoms with E-state index in [2.05, 4.69) is 9.47 Å². The van der Waals surface area contributed by atoms with Crippen LogP contribution in [0.4, 0.5) is 4.39 Å². The molecule has 0 aliphatic rings. The summed E-state index contributed by atoms with van der Waals surface area (Å²) >= 11 is 22.6. The minimum atomic E-state index is -4.56. The van der Waals surface area contributed by atoms with Gasteiger partial charge in [-0.05, 0) is 24.3 Å². The van der Waals surface area contributed by atoms with Gasteiger partial charge in [0.15, 0.2) is 20.1 Å². The number of phosphoric ester groups is 1. The molecule has 1 rings (SSSR count). The van der Waals surface area contributed by atoms with Gasteiger partial charge in [-0.25, -0.2) is 28.1 Å². The summed E-state index contributed by atoms with van der Waals surface area (Å²) in [5.74, 6) is -5.75. The number of halogens is 5. The van der Waals surface area contributed by atoms with Gasteiger partial charge in [-0.1, -0.05) is 46.4 Å². The van der Waals surface area contributed by atoms with Crippen molar-refractivity contribution in [3.63, 3.8) is 0 Å². The number of benzene rings is 1. The lowest BCUT2D eigenvalue weighted by molar-refractivity contribution is -0.142. The van der Waals surface area contributed by atoms with E-state index in [0.29, 0.717) is 0 Å². The zero-order valence-corrected chi connectivity index (χ0v) is 25.0. The summed E-state index contributed by atoms with van der Waals surface area (Å²) in [6.45, 7) is -4.31. The smallest absolute Gasteiger partial charge is 0.459 e. The van der Waals surface area contributed by atoms with Crippen molar-refractivity contribution in [2.24, 2.45) is 0 Å². The second kappa shape index (κ2) is 19.7. The third-order valence-corrected chi connectivity index (χ3v) is 6.91. The van der Waals surface area contributed by atoms with Gasteiger partial charge in [0.25, 0.3) is 0 Å². The summed E-state index contributed by atoms with van der Waals surface area (Å²) < 4.78 is 60.2. The van der Waals surface area contributed by atoms with Crippen molar-refractivity contribution in [2.75, 3.05) is 52.9 Å². The molecule has 0 amide bonds. The van der Waals surface area contributed by atoms with Crippen molar-refractivity contribution in [1.29, 1.82) is 0 Å². The molecule has 14 nitrogen and oxygen atoms in total. The van der Waals surface area contributed by atoms with Gasteiger partial charge in [-0.2, -0.15) is 0 Å². The molecular formula is C22H22Cl4FO14P. The van der Waals surface area contributed by atoms with Crippen LogP contribution in [-0.2, 0) is 51.7 Å². The molecule has 0 heterocycles. The number of esters is 4. The van der Waals surface area contributed by atoms with Crippen LogP contribution in [0.15, 0.2) is 44.4 Å². The minimum Gasteiger partial charge on any atom is -0.459 e. The minimum absolute atomic E-state index is 0.160. The fraction of sp³-hybridized carbons (Fsp3) is 0.364. The molecular weight excluding hydrogens is 680 g/mol. The van der Waals surface area contributed by atoms with Crippen molar-refractivity contribution >= 4 is 78.1 Å². The maximum Gasteiger partial charge on any atom is 0.530 e. The molecule has 0 fully saturated rings. The average molecular weight is 702 g/mol.